The van der Waals surface area contributed by atoms with Gasteiger partial charge in [0.2, 0.25) is 0 Å². The topological polar surface area (TPSA) is 57.2 Å². The normalized spacial score (nSPS) is 24.5. The van der Waals surface area contributed by atoms with E-state index in [-0.39, 0.29) is 36.0 Å². The maximum atomic E-state index is 12.0. The number of allylic oxidation sites excluding steroid dienone is 3. The van der Waals surface area contributed by atoms with Gasteiger partial charge in [-0.2, -0.15) is 13.2 Å². The molecular weight excluding hydrogens is 268 g/mol. The Morgan fingerprint density at radius 1 is 1.29 bits per heavy atom. The van der Waals surface area contributed by atoms with Gasteiger partial charge in [-0.25, -0.2) is 8.42 Å². The van der Waals surface area contributed by atoms with Gasteiger partial charge in [0.1, 0.15) is 10.1 Å². The van der Waals surface area contributed by atoms with E-state index in [1.807, 2.05) is 0 Å². The quantitative estimate of drug-likeness (QED) is 0.498. The van der Waals surface area contributed by atoms with Gasteiger partial charge in [0.05, 0.1) is 4.75 Å². The van der Waals surface area contributed by atoms with Crippen molar-refractivity contribution in [3.05, 3.63) is 24.3 Å². The molecule has 0 bridgehead atoms. The van der Waals surface area contributed by atoms with Crippen LogP contribution in [0.4, 0.5) is 13.2 Å². The van der Waals surface area contributed by atoms with Crippen LogP contribution in [0, 0.1) is 0 Å². The number of halogens is 3. The zero-order chi connectivity index (χ0) is 12.4. The van der Waals surface area contributed by atoms with Crippen molar-refractivity contribution in [2.75, 3.05) is 0 Å². The molecule has 8 heteroatoms. The summed E-state index contributed by atoms with van der Waals surface area (Å²) < 4.78 is 67.2. The molecular formula is C9H10F3NaO3S. The summed E-state index contributed by atoms with van der Waals surface area (Å²) in [6.45, 7) is 0. The average Bonchev–Trinajstić information content (AvgIpc) is 2.13. The summed E-state index contributed by atoms with van der Waals surface area (Å²) in [5.41, 5.74) is 0. The molecule has 1 rings (SSSR count). The summed E-state index contributed by atoms with van der Waals surface area (Å²) in [6, 6.07) is 0. The van der Waals surface area contributed by atoms with Gasteiger partial charge in [-0.1, -0.05) is 24.3 Å². The van der Waals surface area contributed by atoms with E-state index in [0.29, 0.717) is 0 Å². The predicted octanol–water partition coefficient (Wildman–Crippen LogP) is -0.867. The Morgan fingerprint density at radius 3 is 2.24 bits per heavy atom. The third-order valence-electron chi connectivity index (χ3n) is 2.44. The first kappa shape index (κ1) is 17.2. The Balaban J connectivity index is 0.00000256. The van der Waals surface area contributed by atoms with Crippen LogP contribution in [0.1, 0.15) is 19.3 Å². The SMILES string of the molecule is O=S(=O)([O-])C1(CCC(F)(F)F)C=CC=CC1.[Na+]. The molecule has 0 fully saturated rings. The fraction of sp³-hybridized carbons (Fsp3) is 0.556. The molecule has 0 saturated carbocycles. The Morgan fingerprint density at radius 2 is 1.88 bits per heavy atom. The fourth-order valence-electron chi connectivity index (χ4n) is 1.49. The van der Waals surface area contributed by atoms with Crippen LogP contribution in [0.15, 0.2) is 24.3 Å². The Bertz CT molecular complexity index is 414. The Hall–Kier alpha value is 0.180. The average molecular weight is 278 g/mol. The Labute approximate surface area is 120 Å². The summed E-state index contributed by atoms with van der Waals surface area (Å²) >= 11 is 0. The second kappa shape index (κ2) is 5.88. The summed E-state index contributed by atoms with van der Waals surface area (Å²) in [5, 5.41) is 0. The van der Waals surface area contributed by atoms with Crippen molar-refractivity contribution in [1.82, 2.24) is 0 Å². The van der Waals surface area contributed by atoms with Crippen molar-refractivity contribution in [3.8, 4) is 0 Å². The predicted molar refractivity (Wildman–Crippen MR) is 50.6 cm³/mol. The van der Waals surface area contributed by atoms with E-state index in [4.69, 9.17) is 0 Å². The molecule has 3 nitrogen and oxygen atoms in total. The molecule has 0 N–H and O–H groups in total. The third kappa shape index (κ3) is 4.75. The van der Waals surface area contributed by atoms with Crippen molar-refractivity contribution in [2.24, 2.45) is 0 Å². The minimum atomic E-state index is -4.80. The molecule has 0 aromatic carbocycles. The van der Waals surface area contributed by atoms with Crippen LogP contribution in [-0.4, -0.2) is 23.9 Å². The largest absolute Gasteiger partial charge is 1.00 e. The number of hydrogen-bond acceptors (Lipinski definition) is 3. The second-order valence-corrected chi connectivity index (χ2v) is 5.35. The van der Waals surface area contributed by atoms with E-state index >= 15 is 0 Å². The van der Waals surface area contributed by atoms with Crippen LogP contribution in [0.25, 0.3) is 0 Å². The van der Waals surface area contributed by atoms with Crippen LogP contribution < -0.4 is 29.6 Å². The number of alkyl halides is 3. The molecule has 1 atom stereocenters. The van der Waals surface area contributed by atoms with Gasteiger partial charge in [0.25, 0.3) is 0 Å². The monoisotopic (exact) mass is 278 g/mol. The van der Waals surface area contributed by atoms with Crippen molar-refractivity contribution < 1.29 is 55.7 Å². The summed E-state index contributed by atoms with van der Waals surface area (Å²) in [6.07, 6.45) is -1.48. The maximum Gasteiger partial charge on any atom is 1.00 e. The summed E-state index contributed by atoms with van der Waals surface area (Å²) in [7, 11) is -4.80. The van der Waals surface area contributed by atoms with Crippen molar-refractivity contribution in [2.45, 2.75) is 30.2 Å². The van der Waals surface area contributed by atoms with Crippen LogP contribution in [0.3, 0.4) is 0 Å². The second-order valence-electron chi connectivity index (χ2n) is 3.63. The van der Waals surface area contributed by atoms with Gasteiger partial charge in [-0.05, 0) is 12.8 Å². The minimum Gasteiger partial charge on any atom is -0.747 e. The molecule has 1 aliphatic rings. The minimum absolute atomic E-state index is 0. The molecule has 0 heterocycles. The van der Waals surface area contributed by atoms with Crippen molar-refractivity contribution in [1.29, 1.82) is 0 Å². The first-order valence-corrected chi connectivity index (χ1v) is 5.94. The molecule has 0 amide bonds. The van der Waals surface area contributed by atoms with E-state index < -0.39 is 33.9 Å². The molecule has 1 aliphatic carbocycles. The zero-order valence-electron chi connectivity index (χ0n) is 9.20. The van der Waals surface area contributed by atoms with Crippen LogP contribution >= 0.6 is 0 Å². The summed E-state index contributed by atoms with van der Waals surface area (Å²) in [4.78, 5) is 0. The first-order valence-electron chi connectivity index (χ1n) is 4.53. The van der Waals surface area contributed by atoms with Gasteiger partial charge in [0, 0.05) is 6.42 Å². The molecule has 0 spiro atoms. The molecule has 0 aliphatic heterocycles. The molecule has 1 unspecified atom stereocenters. The van der Waals surface area contributed by atoms with E-state index in [1.54, 1.807) is 0 Å². The van der Waals surface area contributed by atoms with Gasteiger partial charge in [-0.3, -0.25) is 0 Å². The summed E-state index contributed by atoms with van der Waals surface area (Å²) in [5.74, 6) is 0. The van der Waals surface area contributed by atoms with Crippen molar-refractivity contribution >= 4 is 10.1 Å². The van der Waals surface area contributed by atoms with Crippen molar-refractivity contribution in [3.63, 3.8) is 0 Å². The fourth-order valence-corrected chi connectivity index (χ4v) is 2.39. The number of hydrogen-bond donors (Lipinski definition) is 0. The van der Waals surface area contributed by atoms with Gasteiger partial charge < -0.3 is 4.55 Å². The van der Waals surface area contributed by atoms with E-state index in [1.165, 1.54) is 18.2 Å². The molecule has 0 aromatic rings. The maximum absolute atomic E-state index is 12.0. The van der Waals surface area contributed by atoms with Crippen LogP contribution in [-0.2, 0) is 10.1 Å². The van der Waals surface area contributed by atoms with E-state index in [0.717, 1.165) is 6.08 Å². The molecule has 0 saturated heterocycles. The van der Waals surface area contributed by atoms with Gasteiger partial charge in [-0.15, -0.1) is 0 Å². The zero-order valence-corrected chi connectivity index (χ0v) is 12.0. The molecule has 0 radical (unpaired) electrons. The number of rotatable bonds is 3. The van der Waals surface area contributed by atoms with Crippen LogP contribution in [0.2, 0.25) is 0 Å². The van der Waals surface area contributed by atoms with E-state index in [9.17, 15) is 26.1 Å². The Kier molecular flexibility index (Phi) is 5.94. The van der Waals surface area contributed by atoms with Gasteiger partial charge in [0.15, 0.2) is 0 Å². The molecule has 0 aromatic heterocycles. The first-order chi connectivity index (χ1) is 7.16. The third-order valence-corrected chi connectivity index (χ3v) is 3.94. The smallest absolute Gasteiger partial charge is 0.747 e. The van der Waals surface area contributed by atoms with Crippen LogP contribution in [0.5, 0.6) is 0 Å². The standard InChI is InChI=1S/C9H11F3O3S.Na/c10-9(11,12)7-6-8(16(13,14)15)4-2-1-3-5-8;/h1-4H,5-7H2,(H,13,14,15);/q;+1/p-1. The van der Waals surface area contributed by atoms with Gasteiger partial charge >= 0.3 is 35.7 Å². The van der Waals surface area contributed by atoms with E-state index in [2.05, 4.69) is 0 Å². The molecule has 92 valence electrons. The molecule has 17 heavy (non-hydrogen) atoms.